The van der Waals surface area contributed by atoms with Crippen LogP contribution in [0.2, 0.25) is 0 Å². The lowest BCUT2D eigenvalue weighted by Gasteiger charge is -2.05. The van der Waals surface area contributed by atoms with Crippen LogP contribution >= 0.6 is 22.7 Å². The number of nitrogens with zero attached hydrogens (tertiary/aromatic N) is 2. The fourth-order valence-electron chi connectivity index (χ4n) is 3.20. The number of aryl methyl sites for hydroxylation is 2. The molecule has 0 aliphatic heterocycles. The Kier molecular flexibility index (Phi) is 10.4. The third-order valence-electron chi connectivity index (χ3n) is 5.19. The van der Waals surface area contributed by atoms with Crippen LogP contribution in [-0.4, -0.2) is 25.2 Å². The fourth-order valence-corrected chi connectivity index (χ4v) is 5.31. The van der Waals surface area contributed by atoms with Gasteiger partial charge in [-0.3, -0.25) is 9.59 Å². The van der Waals surface area contributed by atoms with Gasteiger partial charge in [0, 0.05) is 39.5 Å². The molecule has 6 nitrogen and oxygen atoms in total. The minimum absolute atomic E-state index is 0.196. The van der Waals surface area contributed by atoms with E-state index >= 15 is 0 Å². The van der Waals surface area contributed by atoms with E-state index in [1.54, 1.807) is 22.7 Å². The zero-order chi connectivity index (χ0) is 21.9. The van der Waals surface area contributed by atoms with E-state index in [9.17, 15) is 9.59 Å². The van der Waals surface area contributed by atoms with Crippen molar-refractivity contribution in [1.82, 2.24) is 0 Å². The molecule has 166 valence electrons. The van der Waals surface area contributed by atoms with Gasteiger partial charge in [-0.15, -0.1) is 0 Å². The number of unbranched alkanes of at least 4 members (excludes halogenated alkanes) is 1. The molecule has 30 heavy (non-hydrogen) atoms. The van der Waals surface area contributed by atoms with Gasteiger partial charge in [0.15, 0.2) is 11.4 Å². The summed E-state index contributed by atoms with van der Waals surface area (Å²) in [5, 5.41) is 0. The molecule has 8 heteroatoms. The number of rotatable bonds is 13. The molecule has 2 aromatic heterocycles. The lowest BCUT2D eigenvalue weighted by molar-refractivity contribution is -0.695. The van der Waals surface area contributed by atoms with Crippen LogP contribution in [0.1, 0.15) is 60.7 Å². The number of hydrogen-bond donors (Lipinski definition) is 0. The van der Waals surface area contributed by atoms with E-state index in [2.05, 4.69) is 47.9 Å². The number of ether oxygens (including phenoxy) is 2. The van der Waals surface area contributed by atoms with E-state index < -0.39 is 0 Å². The second-order valence-electron chi connectivity index (χ2n) is 7.18. The predicted molar refractivity (Wildman–Crippen MR) is 118 cm³/mol. The van der Waals surface area contributed by atoms with E-state index in [4.69, 9.17) is 9.47 Å². The predicted octanol–water partition coefficient (Wildman–Crippen LogP) is 3.47. The Hall–Kier alpha value is -1.80. The third-order valence-corrected chi connectivity index (χ3v) is 7.48. The van der Waals surface area contributed by atoms with Crippen molar-refractivity contribution >= 4 is 34.6 Å². The van der Waals surface area contributed by atoms with Crippen molar-refractivity contribution in [2.45, 2.75) is 79.3 Å². The first-order valence-corrected chi connectivity index (χ1v) is 12.5. The molecule has 0 aliphatic rings. The molecule has 0 amide bonds. The highest BCUT2D eigenvalue weighted by molar-refractivity contribution is 7.09. The van der Waals surface area contributed by atoms with Crippen molar-refractivity contribution < 1.29 is 28.2 Å². The first-order valence-electron chi connectivity index (χ1n) is 10.7. The topological polar surface area (TPSA) is 60.4 Å². The lowest BCUT2D eigenvalue weighted by Crippen LogP contribution is -2.32. The molecule has 0 N–H and O–H groups in total. The molecule has 0 saturated heterocycles. The number of esters is 2. The smallest absolute Gasteiger partial charge is 0.305 e. The molecule has 0 radical (unpaired) electrons. The van der Waals surface area contributed by atoms with E-state index in [1.807, 2.05) is 0 Å². The largest absolute Gasteiger partial charge is 0.465 e. The maximum Gasteiger partial charge on any atom is 0.305 e. The highest BCUT2D eigenvalue weighted by Crippen LogP contribution is 2.13. The third kappa shape index (κ3) is 7.47. The summed E-state index contributed by atoms with van der Waals surface area (Å²) in [6.45, 7) is 11.2. The highest BCUT2D eigenvalue weighted by Gasteiger charge is 2.15. The fraction of sp³-hybridized carbons (Fsp3) is 0.636. The SMILES string of the molecule is CC[n+]1csc(CCOC(=O)CCCCC(=O)OCCc2sc[n+](CC)c2C)c1C. The zero-order valence-electron chi connectivity index (χ0n) is 18.6. The van der Waals surface area contributed by atoms with E-state index in [1.165, 1.54) is 21.1 Å². The van der Waals surface area contributed by atoms with Gasteiger partial charge >= 0.3 is 11.9 Å². The number of carbonyl (C=O) groups is 2. The maximum atomic E-state index is 11.9. The highest BCUT2D eigenvalue weighted by atomic mass is 32.1. The quantitative estimate of drug-likeness (QED) is 0.264. The summed E-state index contributed by atoms with van der Waals surface area (Å²) in [5.41, 5.74) is 6.70. The second-order valence-corrected chi connectivity index (χ2v) is 9.06. The van der Waals surface area contributed by atoms with Gasteiger partial charge < -0.3 is 9.47 Å². The number of hydrogen-bond acceptors (Lipinski definition) is 6. The molecule has 0 fully saturated rings. The van der Waals surface area contributed by atoms with Gasteiger partial charge in [-0.05, 0) is 26.7 Å². The van der Waals surface area contributed by atoms with Crippen molar-refractivity contribution in [3.63, 3.8) is 0 Å². The molecule has 0 saturated carbocycles. The Balaban J connectivity index is 1.52. The lowest BCUT2D eigenvalue weighted by atomic mass is 10.2. The maximum absolute atomic E-state index is 11.9. The molecule has 0 aliphatic carbocycles. The standard InChI is InChI=1S/C22H34N2O4S2/c1-5-23-15-29-19(17(23)3)11-13-27-21(25)9-7-8-10-22(26)28-14-12-20-18(4)24(6-2)16-30-20/h15-16H,5-14H2,1-4H3/q+2. The molecule has 0 spiro atoms. The Bertz CT molecular complexity index is 761. The van der Waals surface area contributed by atoms with Gasteiger partial charge in [0.05, 0.1) is 23.0 Å². The summed E-state index contributed by atoms with van der Waals surface area (Å²) in [6.07, 6.45) is 3.48. The van der Waals surface area contributed by atoms with Crippen LogP contribution in [0.5, 0.6) is 0 Å². The van der Waals surface area contributed by atoms with Crippen molar-refractivity contribution in [2.24, 2.45) is 0 Å². The molecule has 2 aromatic rings. The van der Waals surface area contributed by atoms with Crippen molar-refractivity contribution in [3.8, 4) is 0 Å². The summed E-state index contributed by atoms with van der Waals surface area (Å²) in [7, 11) is 0. The molecule has 0 bridgehead atoms. The Morgan fingerprint density at radius 3 is 1.53 bits per heavy atom. The molecular formula is C22H34N2O4S2+2. The summed E-state index contributed by atoms with van der Waals surface area (Å²) >= 11 is 3.41. The van der Waals surface area contributed by atoms with Crippen LogP contribution in [0.4, 0.5) is 0 Å². The molecule has 0 unspecified atom stereocenters. The molecule has 2 heterocycles. The van der Waals surface area contributed by atoms with Gasteiger partial charge in [-0.2, -0.15) is 9.13 Å². The molecular weight excluding hydrogens is 420 g/mol. The number of carbonyl (C=O) groups excluding carboxylic acids is 2. The van der Waals surface area contributed by atoms with E-state index in [0.717, 1.165) is 25.9 Å². The first-order chi connectivity index (χ1) is 14.5. The number of thiazole rings is 2. The summed E-state index contributed by atoms with van der Waals surface area (Å²) in [6, 6.07) is 0. The minimum Gasteiger partial charge on any atom is -0.465 e. The summed E-state index contributed by atoms with van der Waals surface area (Å²) in [5.74, 6) is -0.392. The monoisotopic (exact) mass is 454 g/mol. The average Bonchev–Trinajstić information content (AvgIpc) is 3.27. The minimum atomic E-state index is -0.196. The van der Waals surface area contributed by atoms with E-state index in [0.29, 0.717) is 38.9 Å². The van der Waals surface area contributed by atoms with Crippen LogP contribution in [0.15, 0.2) is 11.0 Å². The van der Waals surface area contributed by atoms with Crippen molar-refractivity contribution in [2.75, 3.05) is 13.2 Å². The van der Waals surface area contributed by atoms with Crippen LogP contribution in [-0.2, 0) is 45.0 Å². The Labute approximate surface area is 187 Å². The van der Waals surface area contributed by atoms with Gasteiger partial charge in [0.1, 0.15) is 13.1 Å². The van der Waals surface area contributed by atoms with Crippen LogP contribution in [0.3, 0.4) is 0 Å². The average molecular weight is 455 g/mol. The van der Waals surface area contributed by atoms with Crippen LogP contribution < -0.4 is 9.13 Å². The first kappa shape index (κ1) is 24.5. The Morgan fingerprint density at radius 2 is 1.20 bits per heavy atom. The number of aromatic nitrogens is 2. The normalized spacial score (nSPS) is 10.9. The summed E-state index contributed by atoms with van der Waals surface area (Å²) < 4.78 is 15.1. The molecule has 0 aromatic carbocycles. The van der Waals surface area contributed by atoms with Gasteiger partial charge in [0.25, 0.3) is 0 Å². The second kappa shape index (κ2) is 12.8. The van der Waals surface area contributed by atoms with Gasteiger partial charge in [-0.1, -0.05) is 22.7 Å². The van der Waals surface area contributed by atoms with Gasteiger partial charge in [0.2, 0.25) is 11.0 Å². The molecule has 0 atom stereocenters. The van der Waals surface area contributed by atoms with E-state index in [-0.39, 0.29) is 11.9 Å². The van der Waals surface area contributed by atoms with Crippen molar-refractivity contribution in [1.29, 1.82) is 0 Å². The zero-order valence-corrected chi connectivity index (χ0v) is 20.2. The van der Waals surface area contributed by atoms with Crippen molar-refractivity contribution in [3.05, 3.63) is 32.2 Å². The van der Waals surface area contributed by atoms with Crippen LogP contribution in [0, 0.1) is 13.8 Å². The van der Waals surface area contributed by atoms with Gasteiger partial charge in [-0.25, -0.2) is 0 Å². The molecule has 2 rings (SSSR count). The Morgan fingerprint density at radius 1 is 0.800 bits per heavy atom. The van der Waals surface area contributed by atoms with Crippen LogP contribution in [0.25, 0.3) is 0 Å². The summed E-state index contributed by atoms with van der Waals surface area (Å²) in [4.78, 5) is 26.3.